The van der Waals surface area contributed by atoms with E-state index in [2.05, 4.69) is 72.8 Å². The van der Waals surface area contributed by atoms with Gasteiger partial charge in [0.25, 0.3) is 0 Å². The minimum absolute atomic E-state index is 0.259. The van der Waals surface area contributed by atoms with Crippen molar-refractivity contribution < 1.29 is 19.1 Å². The fraction of sp³-hybridized carbons (Fsp3) is 0.514. The highest BCUT2D eigenvalue weighted by Gasteiger charge is 2.39. The summed E-state index contributed by atoms with van der Waals surface area (Å²) >= 11 is 0. The second kappa shape index (κ2) is 14.6. The van der Waals surface area contributed by atoms with Gasteiger partial charge in [0.15, 0.2) is 13.4 Å². The largest absolute Gasteiger partial charge is 0.507 e. The Morgan fingerprint density at radius 3 is 1.56 bits per heavy atom. The molecule has 1 atom stereocenters. The molecule has 0 saturated carbocycles. The fourth-order valence-electron chi connectivity index (χ4n) is 5.49. The molecular formula is C37H54NO4P. The standard InChI is InChI=1S/C37H54NO4P/c1-11-41-33(42-12-2)14-13-23-38-35(28-24-31(36(5,6)7)34(39)32(25-28)37(8,9)10)43(40,29-19-15-26(3)16-20-29)30-21-17-27(4)18-22-30/h15-22,24-25,33,35,38-39H,11-14,23H2,1-10H3. The van der Waals surface area contributed by atoms with Crippen LogP contribution < -0.4 is 15.9 Å². The first-order chi connectivity index (χ1) is 20.1. The maximum Gasteiger partial charge on any atom is 0.163 e. The first-order valence-electron chi connectivity index (χ1n) is 15.7. The van der Waals surface area contributed by atoms with Crippen LogP contribution in [0.1, 0.15) is 102 Å². The number of phenolic OH excluding ortho intramolecular Hbond substituents is 1. The predicted molar refractivity (Wildman–Crippen MR) is 182 cm³/mol. The molecule has 0 radical (unpaired) electrons. The summed E-state index contributed by atoms with van der Waals surface area (Å²) in [6.07, 6.45) is 1.26. The Morgan fingerprint density at radius 2 is 1.19 bits per heavy atom. The van der Waals surface area contributed by atoms with Crippen molar-refractivity contribution in [3.63, 3.8) is 0 Å². The van der Waals surface area contributed by atoms with Crippen molar-refractivity contribution in [3.05, 3.63) is 88.5 Å². The zero-order valence-corrected chi connectivity index (χ0v) is 29.0. The SMILES string of the molecule is CCOC(CCCNC(c1cc(C(C)(C)C)c(O)c(C(C)(C)C)c1)P(=O)(c1ccc(C)cc1)c1ccc(C)cc1)OCC. The lowest BCUT2D eigenvalue weighted by Gasteiger charge is -2.34. The third-order valence-corrected chi connectivity index (χ3v) is 11.3. The quantitative estimate of drug-likeness (QED) is 0.116. The number of hydrogen-bond acceptors (Lipinski definition) is 5. The lowest BCUT2D eigenvalue weighted by atomic mass is 9.78. The Kier molecular flexibility index (Phi) is 11.9. The maximum absolute atomic E-state index is 15.9. The summed E-state index contributed by atoms with van der Waals surface area (Å²) in [5, 5.41) is 16.9. The molecule has 0 bridgehead atoms. The molecule has 2 N–H and O–H groups in total. The smallest absolute Gasteiger partial charge is 0.163 e. The monoisotopic (exact) mass is 607 g/mol. The topological polar surface area (TPSA) is 67.8 Å². The molecular weight excluding hydrogens is 553 g/mol. The summed E-state index contributed by atoms with van der Waals surface area (Å²) in [7, 11) is -3.30. The van der Waals surface area contributed by atoms with Crippen LogP contribution in [0.3, 0.4) is 0 Å². The second-order valence-electron chi connectivity index (χ2n) is 13.6. The van der Waals surface area contributed by atoms with Gasteiger partial charge < -0.3 is 24.5 Å². The molecule has 1 unspecified atom stereocenters. The minimum atomic E-state index is -3.30. The van der Waals surface area contributed by atoms with Crippen LogP contribution in [0.15, 0.2) is 60.7 Å². The van der Waals surface area contributed by atoms with Crippen molar-refractivity contribution in [2.75, 3.05) is 19.8 Å². The van der Waals surface area contributed by atoms with E-state index in [4.69, 9.17) is 9.47 Å². The average molecular weight is 608 g/mol. The van der Waals surface area contributed by atoms with E-state index in [1.54, 1.807) is 0 Å². The lowest BCUT2D eigenvalue weighted by molar-refractivity contribution is -0.139. The Hall–Kier alpha value is -2.43. The molecule has 0 fully saturated rings. The number of aromatic hydroxyl groups is 1. The molecule has 5 nitrogen and oxygen atoms in total. The fourth-order valence-corrected chi connectivity index (χ4v) is 8.52. The number of ether oxygens (including phenoxy) is 2. The van der Waals surface area contributed by atoms with Crippen molar-refractivity contribution in [3.8, 4) is 5.75 Å². The molecule has 3 aromatic carbocycles. The van der Waals surface area contributed by atoms with Gasteiger partial charge in [0.05, 0.1) is 5.78 Å². The van der Waals surface area contributed by atoms with Crippen molar-refractivity contribution in [1.82, 2.24) is 5.32 Å². The third kappa shape index (κ3) is 8.60. The first kappa shape index (κ1) is 35.1. The van der Waals surface area contributed by atoms with Crippen LogP contribution in [0.5, 0.6) is 5.75 Å². The number of nitrogens with one attached hydrogen (secondary N) is 1. The number of hydrogen-bond donors (Lipinski definition) is 2. The molecule has 43 heavy (non-hydrogen) atoms. The van der Waals surface area contributed by atoms with Crippen molar-refractivity contribution in [2.45, 2.75) is 105 Å². The molecule has 0 aliphatic heterocycles. The molecule has 0 heterocycles. The van der Waals surface area contributed by atoms with Gasteiger partial charge >= 0.3 is 0 Å². The first-order valence-corrected chi connectivity index (χ1v) is 17.5. The van der Waals surface area contributed by atoms with Gasteiger partial charge in [-0.15, -0.1) is 0 Å². The van der Waals surface area contributed by atoms with Crippen LogP contribution in [0.25, 0.3) is 0 Å². The number of rotatable bonds is 13. The van der Waals surface area contributed by atoms with Crippen molar-refractivity contribution in [2.24, 2.45) is 0 Å². The summed E-state index contributed by atoms with van der Waals surface area (Å²) in [6.45, 7) is 22.5. The molecule has 3 rings (SSSR count). The van der Waals surface area contributed by atoms with E-state index in [-0.39, 0.29) is 17.1 Å². The summed E-state index contributed by atoms with van der Waals surface area (Å²) in [6, 6.07) is 20.4. The molecule has 0 aliphatic carbocycles. The number of aryl methyl sites for hydroxylation is 2. The molecule has 0 aromatic heterocycles. The van der Waals surface area contributed by atoms with Gasteiger partial charge in [0.1, 0.15) is 5.75 Å². The van der Waals surface area contributed by atoms with E-state index < -0.39 is 12.9 Å². The summed E-state index contributed by atoms with van der Waals surface area (Å²) < 4.78 is 27.5. The zero-order valence-electron chi connectivity index (χ0n) is 28.1. The molecule has 0 saturated heterocycles. The van der Waals surface area contributed by atoms with Gasteiger partial charge in [-0.1, -0.05) is 101 Å². The highest BCUT2D eigenvalue weighted by atomic mass is 31.2. The van der Waals surface area contributed by atoms with Gasteiger partial charge in [-0.05, 0) is 86.7 Å². The Labute approximate surface area is 260 Å². The van der Waals surface area contributed by atoms with E-state index in [9.17, 15) is 5.11 Å². The number of benzene rings is 3. The van der Waals surface area contributed by atoms with E-state index >= 15 is 4.57 Å². The van der Waals surface area contributed by atoms with Crippen molar-refractivity contribution >= 4 is 17.8 Å². The number of phenols is 1. The van der Waals surface area contributed by atoms with E-state index in [0.717, 1.165) is 51.3 Å². The molecule has 6 heteroatoms. The molecule has 3 aromatic rings. The van der Waals surface area contributed by atoms with Gasteiger partial charge in [0.2, 0.25) is 0 Å². The molecule has 0 aliphatic rings. The van der Waals surface area contributed by atoms with Crippen LogP contribution in [0.4, 0.5) is 0 Å². The zero-order chi connectivity index (χ0) is 32.0. The summed E-state index contributed by atoms with van der Waals surface area (Å²) in [4.78, 5) is 0. The Bertz CT molecular complexity index is 1280. The van der Waals surface area contributed by atoms with E-state index in [1.807, 2.05) is 62.4 Å². The maximum atomic E-state index is 15.9. The molecule has 0 amide bonds. The van der Waals surface area contributed by atoms with Crippen LogP contribution in [-0.4, -0.2) is 31.2 Å². The van der Waals surface area contributed by atoms with Crippen LogP contribution >= 0.6 is 7.14 Å². The predicted octanol–water partition coefficient (Wildman–Crippen LogP) is 8.39. The van der Waals surface area contributed by atoms with Crippen LogP contribution in [-0.2, 0) is 24.9 Å². The average Bonchev–Trinajstić information content (AvgIpc) is 2.92. The highest BCUT2D eigenvalue weighted by molar-refractivity contribution is 7.79. The lowest BCUT2D eigenvalue weighted by Crippen LogP contribution is -2.32. The van der Waals surface area contributed by atoms with E-state index in [1.165, 1.54) is 0 Å². The van der Waals surface area contributed by atoms with Gasteiger partial charge in [-0.2, -0.15) is 0 Å². The molecule has 236 valence electrons. The Morgan fingerprint density at radius 1 is 0.767 bits per heavy atom. The third-order valence-electron chi connectivity index (χ3n) is 7.92. The highest BCUT2D eigenvalue weighted by Crippen LogP contribution is 2.57. The second-order valence-corrected chi connectivity index (χ2v) is 16.5. The molecule has 0 spiro atoms. The van der Waals surface area contributed by atoms with E-state index in [0.29, 0.717) is 25.5 Å². The minimum Gasteiger partial charge on any atom is -0.507 e. The van der Waals surface area contributed by atoms with Crippen molar-refractivity contribution in [1.29, 1.82) is 0 Å². The summed E-state index contributed by atoms with van der Waals surface area (Å²) in [5.41, 5.74) is 4.24. The Balaban J connectivity index is 2.25. The van der Waals surface area contributed by atoms with Crippen LogP contribution in [0.2, 0.25) is 0 Å². The summed E-state index contributed by atoms with van der Waals surface area (Å²) in [5.74, 6) is -0.197. The van der Waals surface area contributed by atoms with Gasteiger partial charge in [-0.25, -0.2) is 0 Å². The van der Waals surface area contributed by atoms with Gasteiger partial charge in [-0.3, -0.25) is 0 Å². The normalized spacial score (nSPS) is 13.5. The van der Waals surface area contributed by atoms with Gasteiger partial charge in [0, 0.05) is 23.8 Å². The van der Waals surface area contributed by atoms with Crippen LogP contribution in [0, 0.1) is 13.8 Å².